The van der Waals surface area contributed by atoms with Crippen molar-refractivity contribution in [3.8, 4) is 5.75 Å². The third-order valence-electron chi connectivity index (χ3n) is 2.28. The summed E-state index contributed by atoms with van der Waals surface area (Å²) in [6.45, 7) is 2.66. The van der Waals surface area contributed by atoms with Crippen molar-refractivity contribution in [2.45, 2.75) is 26.1 Å². The van der Waals surface area contributed by atoms with E-state index < -0.39 is 0 Å². The quantitative estimate of drug-likeness (QED) is 0.750. The largest absolute Gasteiger partial charge is 0.465 e. The molecule has 0 spiro atoms. The summed E-state index contributed by atoms with van der Waals surface area (Å²) < 4.78 is 11.1. The van der Waals surface area contributed by atoms with Crippen LogP contribution in [0.5, 0.6) is 5.75 Å². The van der Waals surface area contributed by atoms with E-state index in [1.54, 1.807) is 0 Å². The van der Waals surface area contributed by atoms with E-state index in [0.29, 0.717) is 6.61 Å². The summed E-state index contributed by atoms with van der Waals surface area (Å²) in [6, 6.07) is 5.70. The minimum Gasteiger partial charge on any atom is -0.465 e. The number of benzene rings is 1. The highest BCUT2D eigenvalue weighted by Crippen LogP contribution is 2.30. The van der Waals surface area contributed by atoms with Gasteiger partial charge in [0.25, 0.3) is 0 Å². The van der Waals surface area contributed by atoms with Crippen LogP contribution in [-0.4, -0.2) is 12.9 Å². The van der Waals surface area contributed by atoms with Crippen molar-refractivity contribution in [3.05, 3.63) is 28.8 Å². The van der Waals surface area contributed by atoms with Gasteiger partial charge in [-0.05, 0) is 37.1 Å². The first kappa shape index (κ1) is 9.81. The first-order valence-electron chi connectivity index (χ1n) is 4.86. The molecule has 2 rings (SSSR count). The standard InChI is InChI=1S/C11H13ClO2/c1-2-13-11-6-3-8-7-9(12)4-5-10(8)14-11/h4-5,7,11H,2-3,6H2,1H3. The maximum Gasteiger partial charge on any atom is 0.200 e. The Kier molecular flexibility index (Phi) is 2.94. The highest BCUT2D eigenvalue weighted by Gasteiger charge is 2.19. The average Bonchev–Trinajstić information content (AvgIpc) is 2.19. The van der Waals surface area contributed by atoms with E-state index in [2.05, 4.69) is 0 Å². The van der Waals surface area contributed by atoms with Gasteiger partial charge in [0.1, 0.15) is 5.75 Å². The topological polar surface area (TPSA) is 18.5 Å². The fourth-order valence-electron chi connectivity index (χ4n) is 1.64. The number of halogens is 1. The Balaban J connectivity index is 2.15. The Morgan fingerprint density at radius 3 is 3.21 bits per heavy atom. The molecule has 2 nitrogen and oxygen atoms in total. The molecule has 1 atom stereocenters. The predicted molar refractivity (Wildman–Crippen MR) is 55.8 cm³/mol. The summed E-state index contributed by atoms with van der Waals surface area (Å²) in [5.41, 5.74) is 1.17. The number of ether oxygens (including phenoxy) is 2. The Bertz CT molecular complexity index is 325. The smallest absolute Gasteiger partial charge is 0.200 e. The van der Waals surface area contributed by atoms with E-state index in [1.165, 1.54) is 5.56 Å². The summed E-state index contributed by atoms with van der Waals surface area (Å²) in [6.07, 6.45) is 1.79. The van der Waals surface area contributed by atoms with Gasteiger partial charge < -0.3 is 9.47 Å². The fraction of sp³-hybridized carbons (Fsp3) is 0.455. The van der Waals surface area contributed by atoms with Crippen LogP contribution in [0.3, 0.4) is 0 Å². The molecule has 0 radical (unpaired) electrons. The summed E-state index contributed by atoms with van der Waals surface area (Å²) >= 11 is 5.89. The molecule has 0 amide bonds. The molecule has 0 N–H and O–H groups in total. The lowest BCUT2D eigenvalue weighted by Gasteiger charge is -2.25. The van der Waals surface area contributed by atoms with Gasteiger partial charge >= 0.3 is 0 Å². The van der Waals surface area contributed by atoms with Gasteiger partial charge in [0.2, 0.25) is 0 Å². The minimum absolute atomic E-state index is 0.0892. The van der Waals surface area contributed by atoms with E-state index in [1.807, 2.05) is 25.1 Å². The molecule has 1 heterocycles. The first-order chi connectivity index (χ1) is 6.79. The van der Waals surface area contributed by atoms with Gasteiger partial charge in [-0.15, -0.1) is 0 Å². The van der Waals surface area contributed by atoms with Gasteiger partial charge in [-0.2, -0.15) is 0 Å². The molecule has 0 aromatic heterocycles. The van der Waals surface area contributed by atoms with Gasteiger partial charge in [-0.25, -0.2) is 0 Å². The second-order valence-corrected chi connectivity index (χ2v) is 3.73. The number of aryl methyl sites for hydroxylation is 1. The van der Waals surface area contributed by atoms with E-state index in [0.717, 1.165) is 23.6 Å². The van der Waals surface area contributed by atoms with Gasteiger partial charge in [0.15, 0.2) is 6.29 Å². The zero-order valence-electron chi connectivity index (χ0n) is 8.13. The molecule has 1 aromatic rings. The highest BCUT2D eigenvalue weighted by molar-refractivity contribution is 6.30. The Morgan fingerprint density at radius 2 is 2.43 bits per heavy atom. The van der Waals surface area contributed by atoms with E-state index in [4.69, 9.17) is 21.1 Å². The van der Waals surface area contributed by atoms with Crippen LogP contribution in [-0.2, 0) is 11.2 Å². The minimum atomic E-state index is -0.0892. The Labute approximate surface area is 88.8 Å². The van der Waals surface area contributed by atoms with Gasteiger partial charge in [-0.3, -0.25) is 0 Å². The molecule has 0 bridgehead atoms. The normalized spacial score (nSPS) is 20.0. The zero-order chi connectivity index (χ0) is 9.97. The maximum atomic E-state index is 5.89. The van der Waals surface area contributed by atoms with Crippen molar-refractivity contribution >= 4 is 11.6 Å². The molecule has 3 heteroatoms. The SMILES string of the molecule is CCOC1CCc2cc(Cl)ccc2O1. The summed E-state index contributed by atoms with van der Waals surface area (Å²) in [5.74, 6) is 0.902. The molecular weight excluding hydrogens is 200 g/mol. The van der Waals surface area contributed by atoms with Crippen LogP contribution in [0.4, 0.5) is 0 Å². The number of hydrogen-bond donors (Lipinski definition) is 0. The summed E-state index contributed by atoms with van der Waals surface area (Å²) in [5, 5.41) is 0.766. The van der Waals surface area contributed by atoms with Crippen molar-refractivity contribution in [2.75, 3.05) is 6.61 Å². The molecule has 1 aliphatic rings. The fourth-order valence-corrected chi connectivity index (χ4v) is 1.83. The molecule has 1 aliphatic heterocycles. The highest BCUT2D eigenvalue weighted by atomic mass is 35.5. The van der Waals surface area contributed by atoms with Crippen molar-refractivity contribution in [1.82, 2.24) is 0 Å². The lowest BCUT2D eigenvalue weighted by Crippen LogP contribution is -2.25. The van der Waals surface area contributed by atoms with E-state index >= 15 is 0 Å². The van der Waals surface area contributed by atoms with Crippen LogP contribution >= 0.6 is 11.6 Å². The number of hydrogen-bond acceptors (Lipinski definition) is 2. The summed E-state index contributed by atoms with van der Waals surface area (Å²) in [4.78, 5) is 0. The monoisotopic (exact) mass is 212 g/mol. The average molecular weight is 213 g/mol. The third-order valence-corrected chi connectivity index (χ3v) is 2.52. The van der Waals surface area contributed by atoms with Crippen LogP contribution in [0, 0.1) is 0 Å². The Hall–Kier alpha value is -0.730. The van der Waals surface area contributed by atoms with E-state index in [-0.39, 0.29) is 6.29 Å². The summed E-state index contributed by atoms with van der Waals surface area (Å²) in [7, 11) is 0. The molecule has 76 valence electrons. The molecule has 0 saturated heterocycles. The van der Waals surface area contributed by atoms with Crippen molar-refractivity contribution in [2.24, 2.45) is 0 Å². The van der Waals surface area contributed by atoms with Gasteiger partial charge in [0, 0.05) is 18.1 Å². The van der Waals surface area contributed by atoms with Crippen molar-refractivity contribution < 1.29 is 9.47 Å². The third kappa shape index (κ3) is 2.02. The van der Waals surface area contributed by atoms with E-state index in [9.17, 15) is 0 Å². The van der Waals surface area contributed by atoms with Crippen LogP contribution in [0.15, 0.2) is 18.2 Å². The lowest BCUT2D eigenvalue weighted by atomic mass is 10.1. The van der Waals surface area contributed by atoms with Crippen LogP contribution < -0.4 is 4.74 Å². The van der Waals surface area contributed by atoms with Crippen LogP contribution in [0.2, 0.25) is 5.02 Å². The van der Waals surface area contributed by atoms with Crippen molar-refractivity contribution in [1.29, 1.82) is 0 Å². The predicted octanol–water partition coefficient (Wildman–Crippen LogP) is 3.03. The number of fused-ring (bicyclic) bond motifs is 1. The zero-order valence-corrected chi connectivity index (χ0v) is 8.88. The molecule has 0 saturated carbocycles. The van der Waals surface area contributed by atoms with Crippen molar-refractivity contribution in [3.63, 3.8) is 0 Å². The second-order valence-electron chi connectivity index (χ2n) is 3.29. The van der Waals surface area contributed by atoms with Gasteiger partial charge in [-0.1, -0.05) is 11.6 Å². The molecule has 0 fully saturated rings. The lowest BCUT2D eigenvalue weighted by molar-refractivity contribution is -0.0861. The molecule has 1 unspecified atom stereocenters. The van der Waals surface area contributed by atoms with Gasteiger partial charge in [0.05, 0.1) is 0 Å². The molecule has 0 aliphatic carbocycles. The molecule has 1 aromatic carbocycles. The second kappa shape index (κ2) is 4.20. The van der Waals surface area contributed by atoms with Crippen LogP contribution in [0.1, 0.15) is 18.9 Å². The molecular formula is C11H13ClO2. The first-order valence-corrected chi connectivity index (χ1v) is 5.24. The maximum absolute atomic E-state index is 5.89. The van der Waals surface area contributed by atoms with Crippen LogP contribution in [0.25, 0.3) is 0 Å². The molecule has 14 heavy (non-hydrogen) atoms. The number of rotatable bonds is 2. The Morgan fingerprint density at radius 1 is 1.57 bits per heavy atom.